The van der Waals surface area contributed by atoms with Crippen LogP contribution in [0.25, 0.3) is 0 Å². The van der Waals surface area contributed by atoms with Crippen LogP contribution < -0.4 is 0 Å². The van der Waals surface area contributed by atoms with Gasteiger partial charge >= 0.3 is 55.9 Å². The van der Waals surface area contributed by atoms with Crippen molar-refractivity contribution in [3.05, 3.63) is 0 Å². The summed E-state index contributed by atoms with van der Waals surface area (Å²) in [7, 11) is -4.67. The van der Waals surface area contributed by atoms with Crippen LogP contribution in [0.2, 0.25) is 0 Å². The van der Waals surface area contributed by atoms with Gasteiger partial charge in [-0.3, -0.25) is 9.11 Å². The van der Waals surface area contributed by atoms with Crippen molar-refractivity contribution in [3.63, 3.8) is 0 Å². The Morgan fingerprint density at radius 2 is 1.29 bits per heavy atom. The topological polar surface area (TPSA) is 74.6 Å². The molecule has 2 N–H and O–H groups in total. The summed E-state index contributed by atoms with van der Waals surface area (Å²) in [5.74, 6) is 0. The van der Waals surface area contributed by atoms with E-state index in [0.29, 0.717) is 0 Å². The van der Waals surface area contributed by atoms with Crippen molar-refractivity contribution < 1.29 is 20.4 Å². The van der Waals surface area contributed by atoms with E-state index in [2.05, 4.69) is 0 Å². The molecular weight excluding hydrogens is 216 g/mol. The third-order valence-electron chi connectivity index (χ3n) is 0. The first-order chi connectivity index (χ1) is 2.00. The van der Waals surface area contributed by atoms with E-state index in [4.69, 9.17) is 17.5 Å². The molecule has 0 spiro atoms. The van der Waals surface area contributed by atoms with Crippen LogP contribution in [0.15, 0.2) is 0 Å². The molecule has 0 saturated heterocycles. The molecule has 0 fully saturated rings. The Balaban J connectivity index is -0.0000000133. The summed E-state index contributed by atoms with van der Waals surface area (Å²) in [6.07, 6.45) is 0. The van der Waals surface area contributed by atoms with Crippen LogP contribution >= 0.6 is 13.5 Å². The van der Waals surface area contributed by atoms with Crippen LogP contribution in [0.4, 0.5) is 0 Å². The summed E-state index contributed by atoms with van der Waals surface area (Å²) in [6.45, 7) is 0. The molecule has 0 aliphatic rings. The van der Waals surface area contributed by atoms with Crippen molar-refractivity contribution in [2.75, 3.05) is 0 Å². The fraction of sp³-hybridized carbons (Fsp3) is 0. The summed E-state index contributed by atoms with van der Waals surface area (Å²) < 4.78 is 31.6. The molecule has 0 heterocycles. The minimum atomic E-state index is -4.67. The fourth-order valence-corrected chi connectivity index (χ4v) is 0. The second-order valence-electron chi connectivity index (χ2n) is 0.448. The van der Waals surface area contributed by atoms with Gasteiger partial charge in [-0.1, -0.05) is 0 Å². The Kier molecular flexibility index (Phi) is 13.2. The van der Waals surface area contributed by atoms with Crippen molar-refractivity contribution in [3.8, 4) is 0 Å². The summed E-state index contributed by atoms with van der Waals surface area (Å²) >= 11 is 0. The molecule has 0 unspecified atom stereocenters. The third kappa shape index (κ3) is 86.5. The van der Waals surface area contributed by atoms with Crippen molar-refractivity contribution >= 4 is 69.4 Å². The quantitative estimate of drug-likeness (QED) is 0.419. The average Bonchev–Trinajstić information content (AvgIpc) is 0.722. The van der Waals surface area contributed by atoms with Crippen molar-refractivity contribution in [2.45, 2.75) is 0 Å². The van der Waals surface area contributed by atoms with Gasteiger partial charge in [0.25, 0.3) is 0 Å². The number of hydrogen-bond donors (Lipinski definition) is 2. The van der Waals surface area contributed by atoms with Gasteiger partial charge < -0.3 is 2.85 Å². The maximum atomic E-state index is 8.74. The molecule has 7 heteroatoms. The van der Waals surface area contributed by atoms with E-state index in [1.807, 2.05) is 0 Å². The van der Waals surface area contributed by atoms with Gasteiger partial charge in [0, 0.05) is 0 Å². The molecule has 7 heavy (non-hydrogen) atoms. The first-order valence-electron chi connectivity index (χ1n) is 0.698. The molecule has 0 aromatic carbocycles. The molecule has 44 valence electrons. The molecule has 0 rings (SSSR count). The minimum Gasteiger partial charge on any atom is -1.00 e. The SMILES string of the molecule is O=S(=O)(O)O.S.[H-].[H-].[Sr+2]. The molecule has 0 atom stereocenters. The Labute approximate surface area is 88.6 Å². The van der Waals surface area contributed by atoms with E-state index in [1.54, 1.807) is 0 Å². The summed E-state index contributed by atoms with van der Waals surface area (Å²) in [5.41, 5.74) is 0. The Morgan fingerprint density at radius 1 is 1.29 bits per heavy atom. The first-order valence-corrected chi connectivity index (χ1v) is 2.10. The van der Waals surface area contributed by atoms with Gasteiger partial charge in [0.2, 0.25) is 0 Å². The largest absolute Gasteiger partial charge is 2.00 e. The standard InChI is InChI=1S/H2O4S.H2S.Sr.2H/c1-5(2,3)4;;;;/h(H2,1,2,3,4);1H2;;;/q;;+2;2*-1. The third-order valence-corrected chi connectivity index (χ3v) is 0. The van der Waals surface area contributed by atoms with Crippen molar-refractivity contribution in [1.82, 2.24) is 0 Å². The van der Waals surface area contributed by atoms with Gasteiger partial charge in [-0.2, -0.15) is 21.9 Å². The zero-order valence-electron chi connectivity index (χ0n) is 5.33. The fourth-order valence-electron chi connectivity index (χ4n) is 0. The Hall–Kier alpha value is 1.70. The van der Waals surface area contributed by atoms with Crippen LogP contribution in [0.5, 0.6) is 0 Å². The van der Waals surface area contributed by atoms with Crippen LogP contribution in [0.3, 0.4) is 0 Å². The van der Waals surface area contributed by atoms with Gasteiger partial charge in [-0.15, -0.1) is 0 Å². The molecule has 0 aromatic heterocycles. The summed E-state index contributed by atoms with van der Waals surface area (Å²) in [4.78, 5) is 0. The predicted molar refractivity (Wildman–Crippen MR) is 32.5 cm³/mol. The molecule has 0 bridgehead atoms. The van der Waals surface area contributed by atoms with Gasteiger partial charge in [0.15, 0.2) is 0 Å². The van der Waals surface area contributed by atoms with Crippen molar-refractivity contribution in [2.24, 2.45) is 0 Å². The van der Waals surface area contributed by atoms with Gasteiger partial charge in [-0.05, 0) is 0 Å². The average molecular weight is 222 g/mol. The van der Waals surface area contributed by atoms with Crippen molar-refractivity contribution in [1.29, 1.82) is 0 Å². The second-order valence-corrected chi connectivity index (χ2v) is 1.34. The summed E-state index contributed by atoms with van der Waals surface area (Å²) in [5, 5.41) is 0. The Bertz CT molecular complexity index is 99.7. The van der Waals surface area contributed by atoms with Crippen LogP contribution in [-0.2, 0) is 10.4 Å². The van der Waals surface area contributed by atoms with Crippen LogP contribution in [0, 0.1) is 0 Å². The predicted octanol–water partition coefficient (Wildman–Crippen LogP) is -0.696. The minimum absolute atomic E-state index is 0. The van der Waals surface area contributed by atoms with E-state index in [1.165, 1.54) is 0 Å². The zero-order chi connectivity index (χ0) is 4.50. The smallest absolute Gasteiger partial charge is 1.00 e. The number of rotatable bonds is 0. The van der Waals surface area contributed by atoms with Gasteiger partial charge in [0.1, 0.15) is 0 Å². The van der Waals surface area contributed by atoms with E-state index in [0.717, 1.165) is 0 Å². The normalized spacial score (nSPS) is 8.29. The maximum Gasteiger partial charge on any atom is 2.00 e. The second kappa shape index (κ2) is 5.83. The van der Waals surface area contributed by atoms with E-state index in [9.17, 15) is 0 Å². The molecule has 0 saturated carbocycles. The summed E-state index contributed by atoms with van der Waals surface area (Å²) in [6, 6.07) is 0. The Morgan fingerprint density at radius 3 is 1.29 bits per heavy atom. The van der Waals surface area contributed by atoms with Gasteiger partial charge in [0.05, 0.1) is 0 Å². The molecule has 0 aliphatic carbocycles. The van der Waals surface area contributed by atoms with Gasteiger partial charge in [-0.25, -0.2) is 0 Å². The first kappa shape index (κ1) is 15.9. The van der Waals surface area contributed by atoms with E-state index in [-0.39, 0.29) is 61.8 Å². The molecular formula is H6O4S2Sr. The number of hydrogen-bond acceptors (Lipinski definition) is 2. The van der Waals surface area contributed by atoms with Crippen LogP contribution in [0.1, 0.15) is 2.85 Å². The monoisotopic (exact) mass is 222 g/mol. The molecule has 4 nitrogen and oxygen atoms in total. The molecule has 0 amide bonds. The molecule has 0 radical (unpaired) electrons. The molecule has 0 aromatic rings. The molecule has 0 aliphatic heterocycles. The van der Waals surface area contributed by atoms with Crippen LogP contribution in [-0.4, -0.2) is 63.0 Å². The zero-order valence-corrected chi connectivity index (χ0v) is 8.62. The van der Waals surface area contributed by atoms with E-state index >= 15 is 0 Å². The van der Waals surface area contributed by atoms with E-state index < -0.39 is 10.4 Å². The maximum absolute atomic E-state index is 8.74.